The second-order valence-electron chi connectivity index (χ2n) is 8.80. The number of urea groups is 1. The van der Waals surface area contributed by atoms with Crippen LogP contribution >= 0.6 is 0 Å². The molecule has 3 aliphatic rings. The SMILES string of the molecule is COc1ccc(OC)c(C2CCCN2CCC(=O)NN2C(=O)NC3(CCCCC3)C2=O)c1. The van der Waals surface area contributed by atoms with E-state index < -0.39 is 11.6 Å². The number of rotatable bonds is 7. The molecule has 9 heteroatoms. The van der Waals surface area contributed by atoms with Crippen LogP contribution in [0.15, 0.2) is 18.2 Å². The Bertz CT molecular complexity index is 883. The van der Waals surface area contributed by atoms with Crippen molar-refractivity contribution in [3.05, 3.63) is 23.8 Å². The Morgan fingerprint density at radius 1 is 1.16 bits per heavy atom. The maximum Gasteiger partial charge on any atom is 0.344 e. The molecule has 1 saturated carbocycles. The molecule has 32 heavy (non-hydrogen) atoms. The number of nitrogens with zero attached hydrogens (tertiary/aromatic N) is 2. The van der Waals surface area contributed by atoms with Gasteiger partial charge < -0.3 is 14.8 Å². The van der Waals surface area contributed by atoms with E-state index in [1.165, 1.54) is 0 Å². The molecule has 1 aromatic rings. The summed E-state index contributed by atoms with van der Waals surface area (Å²) in [6.07, 6.45) is 6.28. The van der Waals surface area contributed by atoms with Gasteiger partial charge in [0.15, 0.2) is 0 Å². The largest absolute Gasteiger partial charge is 0.497 e. The van der Waals surface area contributed by atoms with Gasteiger partial charge in [0.1, 0.15) is 17.0 Å². The number of hydrazine groups is 1. The lowest BCUT2D eigenvalue weighted by Crippen LogP contribution is -2.51. The van der Waals surface area contributed by atoms with E-state index >= 15 is 0 Å². The number of benzene rings is 1. The van der Waals surface area contributed by atoms with Crippen molar-refractivity contribution in [2.24, 2.45) is 0 Å². The molecule has 0 radical (unpaired) electrons. The number of imide groups is 1. The highest BCUT2D eigenvalue weighted by molar-refractivity contribution is 6.08. The lowest BCUT2D eigenvalue weighted by atomic mass is 9.82. The summed E-state index contributed by atoms with van der Waals surface area (Å²) in [6.45, 7) is 1.39. The molecule has 1 aromatic carbocycles. The Kier molecular flexibility index (Phi) is 6.55. The van der Waals surface area contributed by atoms with Crippen LogP contribution in [-0.2, 0) is 9.59 Å². The minimum atomic E-state index is -0.842. The van der Waals surface area contributed by atoms with Gasteiger partial charge in [-0.05, 0) is 50.4 Å². The number of carbonyl (C=O) groups is 3. The van der Waals surface area contributed by atoms with Crippen molar-refractivity contribution in [3.63, 3.8) is 0 Å². The van der Waals surface area contributed by atoms with Crippen LogP contribution in [0.4, 0.5) is 4.79 Å². The van der Waals surface area contributed by atoms with Crippen molar-refractivity contribution in [1.82, 2.24) is 20.7 Å². The fourth-order valence-corrected chi connectivity index (χ4v) is 5.19. The summed E-state index contributed by atoms with van der Waals surface area (Å²) >= 11 is 0. The van der Waals surface area contributed by atoms with Crippen LogP contribution in [0.5, 0.6) is 11.5 Å². The van der Waals surface area contributed by atoms with Gasteiger partial charge in [0.25, 0.3) is 5.91 Å². The van der Waals surface area contributed by atoms with Crippen molar-refractivity contribution in [2.45, 2.75) is 62.9 Å². The molecular formula is C23H32N4O5. The van der Waals surface area contributed by atoms with Crippen LogP contribution in [-0.4, -0.2) is 60.6 Å². The summed E-state index contributed by atoms with van der Waals surface area (Å²) in [5.74, 6) is 0.880. The van der Waals surface area contributed by atoms with Gasteiger partial charge in [-0.15, -0.1) is 0 Å². The van der Waals surface area contributed by atoms with Gasteiger partial charge in [-0.1, -0.05) is 19.3 Å². The second-order valence-corrected chi connectivity index (χ2v) is 8.80. The number of hydrogen-bond donors (Lipinski definition) is 2. The molecule has 4 rings (SSSR count). The number of methoxy groups -OCH3 is 2. The van der Waals surface area contributed by atoms with E-state index in [1.54, 1.807) is 14.2 Å². The molecule has 0 bridgehead atoms. The Morgan fingerprint density at radius 2 is 1.94 bits per heavy atom. The third-order valence-corrected chi connectivity index (χ3v) is 6.89. The summed E-state index contributed by atoms with van der Waals surface area (Å²) in [4.78, 5) is 40.1. The number of amides is 4. The molecule has 1 aliphatic carbocycles. The number of hydrogen-bond acceptors (Lipinski definition) is 6. The summed E-state index contributed by atoms with van der Waals surface area (Å²) in [5, 5.41) is 3.69. The van der Waals surface area contributed by atoms with Gasteiger partial charge in [0.05, 0.1) is 14.2 Å². The molecule has 2 aliphatic heterocycles. The molecule has 2 saturated heterocycles. The minimum absolute atomic E-state index is 0.120. The standard InChI is InChI=1S/C23H32N4O5/c1-31-16-8-9-19(32-2)17(15-16)18-7-6-13-26(18)14-10-20(28)25-27-21(29)23(24-22(27)30)11-4-3-5-12-23/h8-9,15,18H,3-7,10-14H2,1-2H3,(H,24,30)(H,25,28). The Morgan fingerprint density at radius 3 is 2.66 bits per heavy atom. The summed E-state index contributed by atoms with van der Waals surface area (Å²) in [7, 11) is 3.28. The zero-order valence-electron chi connectivity index (χ0n) is 18.8. The number of nitrogens with one attached hydrogen (secondary N) is 2. The fourth-order valence-electron chi connectivity index (χ4n) is 5.19. The van der Waals surface area contributed by atoms with Gasteiger partial charge in [-0.25, -0.2) is 4.79 Å². The molecule has 9 nitrogen and oxygen atoms in total. The predicted molar refractivity (Wildman–Crippen MR) is 117 cm³/mol. The number of likely N-dealkylation sites (tertiary alicyclic amines) is 1. The Labute approximate surface area is 188 Å². The van der Waals surface area contributed by atoms with E-state index in [1.807, 2.05) is 18.2 Å². The first kappa shape index (κ1) is 22.4. The molecule has 1 unspecified atom stereocenters. The first-order valence-electron chi connectivity index (χ1n) is 11.4. The van der Waals surface area contributed by atoms with Gasteiger partial charge in [-0.3, -0.25) is 19.9 Å². The van der Waals surface area contributed by atoms with Crippen LogP contribution in [0.25, 0.3) is 0 Å². The minimum Gasteiger partial charge on any atom is -0.497 e. The smallest absolute Gasteiger partial charge is 0.344 e. The molecule has 1 atom stereocenters. The molecule has 0 aromatic heterocycles. The van der Waals surface area contributed by atoms with E-state index in [4.69, 9.17) is 9.47 Å². The topological polar surface area (TPSA) is 100 Å². The fraction of sp³-hybridized carbons (Fsp3) is 0.609. The average Bonchev–Trinajstić information content (AvgIpc) is 3.36. The zero-order valence-corrected chi connectivity index (χ0v) is 18.8. The van der Waals surface area contributed by atoms with Gasteiger partial charge >= 0.3 is 6.03 Å². The van der Waals surface area contributed by atoms with E-state index in [0.29, 0.717) is 19.4 Å². The van der Waals surface area contributed by atoms with E-state index in [-0.39, 0.29) is 24.3 Å². The summed E-state index contributed by atoms with van der Waals surface area (Å²) in [5.41, 5.74) is 2.73. The quantitative estimate of drug-likeness (QED) is 0.627. The molecule has 4 amide bonds. The summed E-state index contributed by atoms with van der Waals surface area (Å²) in [6, 6.07) is 5.33. The maximum absolute atomic E-state index is 12.8. The molecule has 1 spiro atoms. The monoisotopic (exact) mass is 444 g/mol. The Balaban J connectivity index is 1.37. The third kappa shape index (κ3) is 4.26. The molecule has 2 heterocycles. The van der Waals surface area contributed by atoms with Crippen molar-refractivity contribution >= 4 is 17.8 Å². The van der Waals surface area contributed by atoms with Crippen LogP contribution in [0.2, 0.25) is 0 Å². The molecular weight excluding hydrogens is 412 g/mol. The first-order valence-corrected chi connectivity index (χ1v) is 11.4. The highest BCUT2D eigenvalue weighted by Gasteiger charge is 2.52. The van der Waals surface area contributed by atoms with Gasteiger partial charge in [-0.2, -0.15) is 5.01 Å². The van der Waals surface area contributed by atoms with Crippen LogP contribution in [0, 0.1) is 0 Å². The normalized spacial score (nSPS) is 22.8. The summed E-state index contributed by atoms with van der Waals surface area (Å²) < 4.78 is 10.9. The third-order valence-electron chi connectivity index (χ3n) is 6.89. The lowest BCUT2D eigenvalue weighted by molar-refractivity contribution is -0.140. The number of ether oxygens (including phenoxy) is 2. The first-order chi connectivity index (χ1) is 15.5. The maximum atomic E-state index is 12.8. The second kappa shape index (κ2) is 9.36. The number of carbonyl (C=O) groups excluding carboxylic acids is 3. The Hall–Kier alpha value is -2.81. The zero-order chi connectivity index (χ0) is 22.7. The average molecular weight is 445 g/mol. The van der Waals surface area contributed by atoms with Crippen molar-refractivity contribution in [1.29, 1.82) is 0 Å². The van der Waals surface area contributed by atoms with Crippen LogP contribution in [0.3, 0.4) is 0 Å². The highest BCUT2D eigenvalue weighted by atomic mass is 16.5. The van der Waals surface area contributed by atoms with Crippen molar-refractivity contribution < 1.29 is 23.9 Å². The van der Waals surface area contributed by atoms with Crippen LogP contribution < -0.4 is 20.2 Å². The van der Waals surface area contributed by atoms with Crippen molar-refractivity contribution in [3.8, 4) is 11.5 Å². The molecule has 174 valence electrons. The lowest BCUT2D eigenvalue weighted by Gasteiger charge is -2.30. The van der Waals surface area contributed by atoms with E-state index in [2.05, 4.69) is 15.6 Å². The molecule has 2 N–H and O–H groups in total. The van der Waals surface area contributed by atoms with Gasteiger partial charge in [0.2, 0.25) is 5.91 Å². The predicted octanol–water partition coefficient (Wildman–Crippen LogP) is 2.52. The van der Waals surface area contributed by atoms with Gasteiger partial charge in [0, 0.05) is 24.6 Å². The van der Waals surface area contributed by atoms with E-state index in [9.17, 15) is 14.4 Å². The van der Waals surface area contributed by atoms with E-state index in [0.717, 1.165) is 60.7 Å². The van der Waals surface area contributed by atoms with Crippen LogP contribution in [0.1, 0.15) is 63.0 Å². The highest BCUT2D eigenvalue weighted by Crippen LogP contribution is 2.39. The van der Waals surface area contributed by atoms with Crippen molar-refractivity contribution in [2.75, 3.05) is 27.3 Å². The molecule has 3 fully saturated rings.